The molecule has 1 heterocycles. The van der Waals surface area contributed by atoms with Crippen molar-refractivity contribution < 1.29 is 9.84 Å². The summed E-state index contributed by atoms with van der Waals surface area (Å²) in [6.45, 7) is 6.56. The summed E-state index contributed by atoms with van der Waals surface area (Å²) in [4.78, 5) is 0. The van der Waals surface area contributed by atoms with E-state index in [1.807, 2.05) is 51.1 Å². The van der Waals surface area contributed by atoms with E-state index in [9.17, 15) is 5.11 Å². The minimum Gasteiger partial charge on any atom is -0.384 e. The molecule has 0 aliphatic carbocycles. The first-order valence-corrected chi connectivity index (χ1v) is 7.46. The van der Waals surface area contributed by atoms with Gasteiger partial charge in [-0.2, -0.15) is 0 Å². The molecule has 114 valence electrons. The third-order valence-electron chi connectivity index (χ3n) is 3.98. The average Bonchev–Trinajstić information content (AvgIpc) is 3.02. The van der Waals surface area contributed by atoms with Crippen LogP contribution in [0.5, 0.6) is 0 Å². The monoisotopic (exact) mass is 289 g/mol. The molecule has 5 heteroatoms. The van der Waals surface area contributed by atoms with E-state index < -0.39 is 11.7 Å². The van der Waals surface area contributed by atoms with Crippen LogP contribution in [0.4, 0.5) is 0 Å². The fraction of sp³-hybridized carbons (Fsp3) is 0.500. The molecule has 0 saturated heterocycles. The van der Waals surface area contributed by atoms with Crippen LogP contribution in [0.3, 0.4) is 0 Å². The van der Waals surface area contributed by atoms with Crippen molar-refractivity contribution in [1.82, 2.24) is 15.0 Å². The Bertz CT molecular complexity index is 550. The molecule has 0 bridgehead atoms. The number of ether oxygens (including phenoxy) is 1. The lowest BCUT2D eigenvalue weighted by molar-refractivity contribution is -0.129. The van der Waals surface area contributed by atoms with Gasteiger partial charge in [-0.05, 0) is 31.9 Å². The van der Waals surface area contributed by atoms with Gasteiger partial charge in [0, 0.05) is 6.61 Å². The van der Waals surface area contributed by atoms with E-state index in [0.29, 0.717) is 12.3 Å². The van der Waals surface area contributed by atoms with Crippen LogP contribution in [-0.4, -0.2) is 32.3 Å². The molecule has 5 nitrogen and oxygen atoms in total. The lowest BCUT2D eigenvalue weighted by Crippen LogP contribution is -2.39. The van der Waals surface area contributed by atoms with Crippen LogP contribution in [0.2, 0.25) is 0 Å². The summed E-state index contributed by atoms with van der Waals surface area (Å²) in [6.07, 6.45) is 2.27. The van der Waals surface area contributed by atoms with Crippen LogP contribution in [0.25, 0.3) is 5.69 Å². The molecular weight excluding hydrogens is 266 g/mol. The van der Waals surface area contributed by atoms with Gasteiger partial charge in [-0.15, -0.1) is 5.10 Å². The zero-order chi connectivity index (χ0) is 15.3. The Labute approximate surface area is 125 Å². The summed E-state index contributed by atoms with van der Waals surface area (Å²) in [5.41, 5.74) is 0.920. The molecule has 0 radical (unpaired) electrons. The van der Waals surface area contributed by atoms with E-state index in [-0.39, 0.29) is 0 Å². The topological polar surface area (TPSA) is 60.2 Å². The molecule has 2 aromatic rings. The first kappa shape index (κ1) is 15.7. The Morgan fingerprint density at radius 1 is 1.19 bits per heavy atom. The highest BCUT2D eigenvalue weighted by molar-refractivity contribution is 5.32. The Balaban J connectivity index is 2.40. The lowest BCUT2D eigenvalue weighted by Gasteiger charge is -2.36. The Kier molecular flexibility index (Phi) is 5.09. The maximum absolute atomic E-state index is 10.9. The Morgan fingerprint density at radius 3 is 2.43 bits per heavy atom. The summed E-state index contributed by atoms with van der Waals surface area (Å²) in [5.74, 6) is 0. The lowest BCUT2D eigenvalue weighted by atomic mass is 9.88. The molecule has 0 spiro atoms. The van der Waals surface area contributed by atoms with Crippen LogP contribution in [0.1, 0.15) is 45.4 Å². The second kappa shape index (κ2) is 6.83. The van der Waals surface area contributed by atoms with Gasteiger partial charge in [0.15, 0.2) is 0 Å². The molecule has 1 N–H and O–H groups in total. The van der Waals surface area contributed by atoms with Gasteiger partial charge < -0.3 is 9.84 Å². The number of benzene rings is 1. The fourth-order valence-electron chi connectivity index (χ4n) is 2.68. The van der Waals surface area contributed by atoms with Crippen molar-refractivity contribution in [1.29, 1.82) is 0 Å². The minimum absolute atomic E-state index is 0.561. The molecule has 2 rings (SSSR count). The predicted octanol–water partition coefficient (Wildman–Crippen LogP) is 2.90. The fourth-order valence-corrected chi connectivity index (χ4v) is 2.68. The second-order valence-corrected chi connectivity index (χ2v) is 5.01. The van der Waals surface area contributed by atoms with E-state index >= 15 is 0 Å². The van der Waals surface area contributed by atoms with Gasteiger partial charge in [-0.1, -0.05) is 37.3 Å². The van der Waals surface area contributed by atoms with Crippen LogP contribution in [0, 0.1) is 0 Å². The third-order valence-corrected chi connectivity index (χ3v) is 3.98. The van der Waals surface area contributed by atoms with Crippen molar-refractivity contribution in [3.05, 3.63) is 42.2 Å². The maximum atomic E-state index is 10.9. The van der Waals surface area contributed by atoms with Crippen LogP contribution in [-0.2, 0) is 4.74 Å². The standard InChI is InChI=1S/C16H23N3O2/c1-4-16(5-2,21-6-3)15(20)14-12-17-18-19(14)13-10-8-7-9-11-13/h7-12,15,20H,4-6H2,1-3H3. The summed E-state index contributed by atoms with van der Waals surface area (Å²) in [7, 11) is 0. The van der Waals surface area contributed by atoms with Gasteiger partial charge in [-0.25, -0.2) is 4.68 Å². The number of para-hydroxylation sites is 1. The van der Waals surface area contributed by atoms with Gasteiger partial charge >= 0.3 is 0 Å². The SMILES string of the molecule is CCOC(CC)(CC)C(O)c1cnnn1-c1ccccc1. The molecule has 1 aromatic heterocycles. The highest BCUT2D eigenvalue weighted by Crippen LogP contribution is 2.35. The minimum atomic E-state index is -0.775. The molecule has 0 saturated carbocycles. The second-order valence-electron chi connectivity index (χ2n) is 5.01. The normalized spacial score (nSPS) is 13.3. The number of hydrogen-bond donors (Lipinski definition) is 1. The number of hydrogen-bond acceptors (Lipinski definition) is 4. The van der Waals surface area contributed by atoms with Crippen molar-refractivity contribution >= 4 is 0 Å². The Hall–Kier alpha value is -1.72. The van der Waals surface area contributed by atoms with Gasteiger partial charge in [0.25, 0.3) is 0 Å². The van der Waals surface area contributed by atoms with E-state index in [1.54, 1.807) is 10.9 Å². The molecule has 0 fully saturated rings. The molecule has 0 aliphatic rings. The van der Waals surface area contributed by atoms with Crippen molar-refractivity contribution in [3.8, 4) is 5.69 Å². The number of aromatic nitrogens is 3. The molecule has 0 aliphatic heterocycles. The summed E-state index contributed by atoms with van der Waals surface area (Å²) in [6, 6.07) is 9.68. The van der Waals surface area contributed by atoms with Gasteiger partial charge in [0.1, 0.15) is 6.10 Å². The van der Waals surface area contributed by atoms with E-state index in [4.69, 9.17) is 4.74 Å². The number of aliphatic hydroxyl groups is 1. The van der Waals surface area contributed by atoms with E-state index in [2.05, 4.69) is 10.3 Å². The summed E-state index contributed by atoms with van der Waals surface area (Å²) < 4.78 is 7.56. The smallest absolute Gasteiger partial charge is 0.127 e. The van der Waals surface area contributed by atoms with Crippen molar-refractivity contribution in [3.63, 3.8) is 0 Å². The summed E-state index contributed by atoms with van der Waals surface area (Å²) in [5, 5.41) is 18.9. The quantitative estimate of drug-likeness (QED) is 0.851. The van der Waals surface area contributed by atoms with Crippen LogP contribution < -0.4 is 0 Å². The molecule has 1 unspecified atom stereocenters. The average molecular weight is 289 g/mol. The highest BCUT2D eigenvalue weighted by Gasteiger charge is 2.38. The number of rotatable bonds is 7. The van der Waals surface area contributed by atoms with Crippen molar-refractivity contribution in [2.75, 3.05) is 6.61 Å². The first-order valence-electron chi connectivity index (χ1n) is 7.46. The first-order chi connectivity index (χ1) is 10.2. The zero-order valence-corrected chi connectivity index (χ0v) is 12.9. The van der Waals surface area contributed by atoms with Crippen LogP contribution >= 0.6 is 0 Å². The largest absolute Gasteiger partial charge is 0.384 e. The summed E-state index contributed by atoms with van der Waals surface area (Å²) >= 11 is 0. The van der Waals surface area contributed by atoms with Gasteiger partial charge in [0.2, 0.25) is 0 Å². The third kappa shape index (κ3) is 2.99. The van der Waals surface area contributed by atoms with E-state index in [0.717, 1.165) is 18.5 Å². The molecular formula is C16H23N3O2. The molecule has 0 amide bonds. The van der Waals surface area contributed by atoms with Gasteiger partial charge in [0.05, 0.1) is 23.2 Å². The Morgan fingerprint density at radius 2 is 1.86 bits per heavy atom. The predicted molar refractivity (Wildman–Crippen MR) is 81.3 cm³/mol. The number of aliphatic hydroxyl groups excluding tert-OH is 1. The van der Waals surface area contributed by atoms with Gasteiger partial charge in [-0.3, -0.25) is 0 Å². The number of nitrogens with zero attached hydrogens (tertiary/aromatic N) is 3. The molecule has 1 aromatic carbocycles. The molecule has 1 atom stereocenters. The maximum Gasteiger partial charge on any atom is 0.127 e. The molecule has 21 heavy (non-hydrogen) atoms. The van der Waals surface area contributed by atoms with Crippen molar-refractivity contribution in [2.24, 2.45) is 0 Å². The van der Waals surface area contributed by atoms with E-state index in [1.165, 1.54) is 0 Å². The zero-order valence-electron chi connectivity index (χ0n) is 12.9. The highest BCUT2D eigenvalue weighted by atomic mass is 16.5. The van der Waals surface area contributed by atoms with Crippen LogP contribution in [0.15, 0.2) is 36.5 Å². The van der Waals surface area contributed by atoms with Crippen molar-refractivity contribution in [2.45, 2.75) is 45.3 Å².